The van der Waals surface area contributed by atoms with Crippen LogP contribution in [0, 0.1) is 0 Å². The lowest BCUT2D eigenvalue weighted by atomic mass is 9.88. The fourth-order valence-corrected chi connectivity index (χ4v) is 6.57. The summed E-state index contributed by atoms with van der Waals surface area (Å²) in [4.78, 5) is 15.9. The molecule has 5 rings (SSSR count). The number of rotatable bonds is 7. The quantitative estimate of drug-likeness (QED) is 0.336. The minimum absolute atomic E-state index is 0.312. The normalized spacial score (nSPS) is 28.0. The number of hydrogen-bond acceptors (Lipinski definition) is 8. The first-order valence-electron chi connectivity index (χ1n) is 13.4. The number of amides is 1. The largest absolute Gasteiger partial charge is 0.394 e. The van der Waals surface area contributed by atoms with E-state index in [-0.39, 0.29) is 0 Å². The molecule has 42 heavy (non-hydrogen) atoms. The number of hydrogen-bond donors (Lipinski definition) is 3. The molecule has 1 aromatic heterocycles. The highest BCUT2D eigenvalue weighted by molar-refractivity contribution is 6.42. The van der Waals surface area contributed by atoms with Crippen molar-refractivity contribution in [2.45, 2.75) is 68.3 Å². The minimum atomic E-state index is -1.32. The van der Waals surface area contributed by atoms with E-state index in [0.29, 0.717) is 49.9 Å². The van der Waals surface area contributed by atoms with E-state index in [1.807, 2.05) is 0 Å². The van der Waals surface area contributed by atoms with Gasteiger partial charge in [-0.1, -0.05) is 70.5 Å². The molecule has 10 nitrogen and oxygen atoms in total. The second kappa shape index (κ2) is 13.3. The highest BCUT2D eigenvalue weighted by Crippen LogP contribution is 2.38. The molecule has 1 saturated carbocycles. The van der Waals surface area contributed by atoms with Gasteiger partial charge in [-0.15, -0.1) is 5.10 Å². The number of anilines is 1. The van der Waals surface area contributed by atoms with E-state index in [2.05, 4.69) is 10.3 Å². The Balaban J connectivity index is 1.54. The van der Waals surface area contributed by atoms with Crippen molar-refractivity contribution >= 4 is 58.0 Å². The molecule has 1 amide bonds. The zero-order valence-electron chi connectivity index (χ0n) is 22.5. The van der Waals surface area contributed by atoms with Crippen LogP contribution in [-0.4, -0.2) is 86.5 Å². The molecule has 1 aliphatic carbocycles. The van der Waals surface area contributed by atoms with E-state index >= 15 is 0 Å². The lowest BCUT2D eigenvalue weighted by molar-refractivity contribution is -0.211. The van der Waals surface area contributed by atoms with Gasteiger partial charge in [0.15, 0.2) is 6.10 Å². The molecule has 0 radical (unpaired) electrons. The summed E-state index contributed by atoms with van der Waals surface area (Å²) in [7, 11) is 1.39. The lowest BCUT2D eigenvalue weighted by Gasteiger charge is -2.46. The van der Waals surface area contributed by atoms with Crippen molar-refractivity contribution in [3.8, 4) is 11.3 Å². The van der Waals surface area contributed by atoms with E-state index in [9.17, 15) is 20.1 Å². The van der Waals surface area contributed by atoms with Gasteiger partial charge in [0, 0.05) is 28.4 Å². The van der Waals surface area contributed by atoms with Crippen LogP contribution in [0.25, 0.3) is 11.3 Å². The SMILES string of the molecule is COC1C(C(=O)N(c2cc(Cl)cc(Cl)c2)[C@H]2CCCC[C@@H]2O)OC(CO)C(O)C1n1cc(-c2ccc(Cl)c(Cl)c2)nn1. The number of halogens is 4. The summed E-state index contributed by atoms with van der Waals surface area (Å²) in [5.74, 6) is -0.550. The highest BCUT2D eigenvalue weighted by atomic mass is 35.5. The van der Waals surface area contributed by atoms with Crippen molar-refractivity contribution < 1.29 is 29.6 Å². The number of ether oxygens (including phenoxy) is 2. The maximum absolute atomic E-state index is 14.5. The van der Waals surface area contributed by atoms with Crippen molar-refractivity contribution in [3.05, 3.63) is 62.7 Å². The fourth-order valence-electron chi connectivity index (χ4n) is 5.76. The third kappa shape index (κ3) is 6.29. The summed E-state index contributed by atoms with van der Waals surface area (Å²) < 4.78 is 13.2. The van der Waals surface area contributed by atoms with E-state index in [1.54, 1.807) is 42.6 Å². The Morgan fingerprint density at radius 1 is 1.07 bits per heavy atom. The number of aliphatic hydroxyl groups is 3. The number of aliphatic hydroxyl groups excluding tert-OH is 3. The van der Waals surface area contributed by atoms with Crippen molar-refractivity contribution in [2.24, 2.45) is 0 Å². The Kier molecular flexibility index (Phi) is 9.98. The molecule has 1 saturated heterocycles. The number of aromatic nitrogens is 3. The summed E-state index contributed by atoms with van der Waals surface area (Å²) in [6.07, 6.45) is -1.41. The average Bonchev–Trinajstić information content (AvgIpc) is 3.44. The number of benzene rings is 2. The second-order valence-electron chi connectivity index (χ2n) is 10.4. The van der Waals surface area contributed by atoms with Gasteiger partial charge < -0.3 is 29.7 Å². The van der Waals surface area contributed by atoms with Gasteiger partial charge in [0.25, 0.3) is 5.91 Å². The summed E-state index contributed by atoms with van der Waals surface area (Å²) in [6.45, 7) is -0.582. The first-order chi connectivity index (χ1) is 20.1. The standard InChI is InChI=1S/C28H30Cl4N4O6/c1-41-26-24(35-12-20(33-34-35)14-6-7-18(31)19(32)8-14)25(39)23(13-37)42-27(26)28(40)36(21-4-2-3-5-22(21)38)17-10-15(29)9-16(30)11-17/h6-12,21-27,37-39H,2-5,13H2,1H3/t21-,22-,23?,24?,25?,26?,27?/m0/s1. The molecule has 2 aromatic carbocycles. The van der Waals surface area contributed by atoms with Gasteiger partial charge in [0.05, 0.1) is 35.0 Å². The molecule has 3 N–H and O–H groups in total. The maximum atomic E-state index is 14.5. The van der Waals surface area contributed by atoms with Gasteiger partial charge >= 0.3 is 0 Å². The van der Waals surface area contributed by atoms with Crippen LogP contribution in [0.5, 0.6) is 0 Å². The summed E-state index contributed by atoms with van der Waals surface area (Å²) in [6, 6.07) is 8.15. The first kappa shape index (κ1) is 31.4. The van der Waals surface area contributed by atoms with Crippen LogP contribution < -0.4 is 4.90 Å². The molecular weight excluding hydrogens is 630 g/mol. The molecule has 2 fully saturated rings. The molecule has 0 bridgehead atoms. The smallest absolute Gasteiger partial charge is 0.259 e. The summed E-state index contributed by atoms with van der Waals surface area (Å²) in [5, 5.41) is 42.2. The van der Waals surface area contributed by atoms with Crippen LogP contribution in [0.2, 0.25) is 20.1 Å². The first-order valence-corrected chi connectivity index (χ1v) is 15.0. The van der Waals surface area contributed by atoms with Gasteiger partial charge in [-0.05, 0) is 43.2 Å². The van der Waals surface area contributed by atoms with E-state index < -0.39 is 55.1 Å². The minimum Gasteiger partial charge on any atom is -0.394 e. The summed E-state index contributed by atoms with van der Waals surface area (Å²) >= 11 is 24.9. The van der Waals surface area contributed by atoms with E-state index in [1.165, 1.54) is 16.7 Å². The molecule has 0 spiro atoms. The van der Waals surface area contributed by atoms with E-state index in [4.69, 9.17) is 55.9 Å². The zero-order chi connectivity index (χ0) is 30.1. The molecule has 2 aliphatic rings. The Labute approximate surface area is 262 Å². The molecule has 14 heteroatoms. The zero-order valence-corrected chi connectivity index (χ0v) is 25.5. The third-order valence-electron chi connectivity index (χ3n) is 7.80. The molecule has 1 aliphatic heterocycles. The monoisotopic (exact) mass is 658 g/mol. The Morgan fingerprint density at radius 3 is 2.43 bits per heavy atom. The molecule has 2 heterocycles. The van der Waals surface area contributed by atoms with Crippen molar-refractivity contribution in [1.82, 2.24) is 15.0 Å². The number of carbonyl (C=O) groups excluding carboxylic acids is 1. The topological polar surface area (TPSA) is 130 Å². The van der Waals surface area contributed by atoms with Crippen molar-refractivity contribution in [3.63, 3.8) is 0 Å². The third-order valence-corrected chi connectivity index (χ3v) is 8.98. The predicted molar refractivity (Wildman–Crippen MR) is 159 cm³/mol. The maximum Gasteiger partial charge on any atom is 0.259 e. The fraction of sp³-hybridized carbons (Fsp3) is 0.464. The van der Waals surface area contributed by atoms with E-state index in [0.717, 1.165) is 12.8 Å². The lowest BCUT2D eigenvalue weighted by Crippen LogP contribution is -2.63. The van der Waals surface area contributed by atoms with Gasteiger partial charge in [0.2, 0.25) is 0 Å². The Morgan fingerprint density at radius 2 is 1.79 bits per heavy atom. The molecule has 7 atom stereocenters. The van der Waals surface area contributed by atoms with Crippen LogP contribution in [0.3, 0.4) is 0 Å². The Hall–Kier alpha value is -1.99. The average molecular weight is 660 g/mol. The van der Waals surface area contributed by atoms with Crippen LogP contribution in [0.1, 0.15) is 31.7 Å². The van der Waals surface area contributed by atoms with Crippen LogP contribution in [-0.2, 0) is 14.3 Å². The number of methoxy groups -OCH3 is 1. The number of nitrogens with zero attached hydrogens (tertiary/aromatic N) is 4. The van der Waals surface area contributed by atoms with Gasteiger partial charge in [-0.25, -0.2) is 4.68 Å². The molecule has 3 aromatic rings. The molecular formula is C28H30Cl4N4O6. The van der Waals surface area contributed by atoms with Gasteiger partial charge in [-0.3, -0.25) is 4.79 Å². The Bertz CT molecular complexity index is 1410. The van der Waals surface area contributed by atoms with Crippen LogP contribution >= 0.6 is 46.4 Å². The van der Waals surface area contributed by atoms with Crippen LogP contribution in [0.4, 0.5) is 5.69 Å². The van der Waals surface area contributed by atoms with Gasteiger partial charge in [0.1, 0.15) is 30.0 Å². The van der Waals surface area contributed by atoms with Crippen LogP contribution in [0.15, 0.2) is 42.6 Å². The second-order valence-corrected chi connectivity index (χ2v) is 12.1. The molecule has 226 valence electrons. The predicted octanol–water partition coefficient (Wildman–Crippen LogP) is 4.57. The van der Waals surface area contributed by atoms with Crippen molar-refractivity contribution in [2.75, 3.05) is 18.6 Å². The van der Waals surface area contributed by atoms with Crippen molar-refractivity contribution in [1.29, 1.82) is 0 Å². The van der Waals surface area contributed by atoms with Gasteiger partial charge in [-0.2, -0.15) is 0 Å². The summed E-state index contributed by atoms with van der Waals surface area (Å²) in [5.41, 5.74) is 1.45. The molecule has 5 unspecified atom stereocenters. The number of carbonyl (C=O) groups is 1. The highest BCUT2D eigenvalue weighted by Gasteiger charge is 2.52.